The molecule has 0 saturated carbocycles. The first-order valence-electron chi connectivity index (χ1n) is 8.32. The average molecular weight is 310 g/mol. The number of rotatable bonds is 0. The summed E-state index contributed by atoms with van der Waals surface area (Å²) >= 11 is 0. The van der Waals surface area contributed by atoms with E-state index < -0.39 is 0 Å². The number of hydrogen-bond acceptors (Lipinski definition) is 1. The highest BCUT2D eigenvalue weighted by atomic mass is 15.6. The molecule has 8 heterocycles. The second kappa shape index (κ2) is 2.82. The van der Waals surface area contributed by atoms with Gasteiger partial charge < -0.3 is 0 Å². The van der Waals surface area contributed by atoms with Crippen LogP contribution in [0.15, 0.2) is 48.8 Å². The SMILES string of the molecule is C1=C[N+]2=Cc3ccc4n3C35C2N1C=c1ccc(n13)=Cc1ccc-4n15. The molecule has 112 valence electrons. The molecule has 0 aromatic carbocycles. The monoisotopic (exact) mass is 310 g/mol. The standard InChI is InChI=1S/C19H12N5/c1-2-14-10-20-7-8-21-11-15-4-6-17-16-5-3-13-9-12(1)22(14)19(18(20)21,23(13)16)24(15)17/h1-11,18H/q+1. The molecule has 0 aliphatic carbocycles. The van der Waals surface area contributed by atoms with Gasteiger partial charge in [-0.15, -0.1) is 0 Å². The van der Waals surface area contributed by atoms with Gasteiger partial charge in [0.2, 0.25) is 0 Å². The van der Waals surface area contributed by atoms with Gasteiger partial charge in [-0.05, 0) is 42.5 Å². The van der Waals surface area contributed by atoms with Crippen molar-refractivity contribution in [3.63, 3.8) is 0 Å². The third kappa shape index (κ3) is 0.754. The molecule has 0 saturated heterocycles. The van der Waals surface area contributed by atoms with Crippen LogP contribution < -0.4 is 10.7 Å². The summed E-state index contributed by atoms with van der Waals surface area (Å²) in [6.07, 6.45) is 11.4. The predicted octanol–water partition coefficient (Wildman–Crippen LogP) is 0.230. The summed E-state index contributed by atoms with van der Waals surface area (Å²) in [7, 11) is 0. The smallest absolute Gasteiger partial charge is 0.291 e. The third-order valence-electron chi connectivity index (χ3n) is 6.19. The molecule has 0 N–H and O–H groups in total. The molecular formula is C19H12N5+. The lowest BCUT2D eigenvalue weighted by Crippen LogP contribution is -2.70. The van der Waals surface area contributed by atoms with E-state index >= 15 is 0 Å². The second-order valence-electron chi connectivity index (χ2n) is 7.13. The molecule has 8 rings (SSSR count). The van der Waals surface area contributed by atoms with Crippen molar-refractivity contribution >= 4 is 18.5 Å². The summed E-state index contributed by atoms with van der Waals surface area (Å²) in [5.74, 6) is -0.293. The topological polar surface area (TPSA) is 21.0 Å². The molecule has 1 spiro atoms. The van der Waals surface area contributed by atoms with Crippen molar-refractivity contribution in [1.82, 2.24) is 18.6 Å². The maximum absolute atomic E-state index is 2.53. The van der Waals surface area contributed by atoms with E-state index in [4.69, 9.17) is 0 Å². The predicted molar refractivity (Wildman–Crippen MR) is 88.5 cm³/mol. The van der Waals surface area contributed by atoms with Crippen LogP contribution >= 0.6 is 0 Å². The van der Waals surface area contributed by atoms with E-state index in [1.54, 1.807) is 0 Å². The quantitative estimate of drug-likeness (QED) is 0.545. The minimum Gasteiger partial charge on any atom is -0.291 e. The highest BCUT2D eigenvalue weighted by Crippen LogP contribution is 2.49. The van der Waals surface area contributed by atoms with Crippen LogP contribution in [0.1, 0.15) is 11.4 Å². The summed E-state index contributed by atoms with van der Waals surface area (Å²) in [6, 6.07) is 13.5. The van der Waals surface area contributed by atoms with Gasteiger partial charge in [0.05, 0.1) is 22.9 Å². The highest BCUT2D eigenvalue weighted by Gasteiger charge is 2.64. The Balaban J connectivity index is 1.77. The van der Waals surface area contributed by atoms with E-state index in [2.05, 4.69) is 90.5 Å². The Morgan fingerprint density at radius 1 is 0.833 bits per heavy atom. The molecule has 3 aromatic rings. The van der Waals surface area contributed by atoms with Crippen molar-refractivity contribution in [2.24, 2.45) is 0 Å². The first-order valence-corrected chi connectivity index (χ1v) is 8.32. The lowest BCUT2D eigenvalue weighted by Gasteiger charge is -2.46. The second-order valence-corrected chi connectivity index (χ2v) is 7.13. The van der Waals surface area contributed by atoms with Crippen LogP contribution in [0.2, 0.25) is 0 Å². The fourth-order valence-electron chi connectivity index (χ4n) is 5.52. The average Bonchev–Trinajstić information content (AvgIpc) is 3.36. The van der Waals surface area contributed by atoms with Crippen molar-refractivity contribution in [3.05, 3.63) is 70.9 Å². The Morgan fingerprint density at radius 2 is 1.62 bits per heavy atom. The van der Waals surface area contributed by atoms with Gasteiger partial charge in [0.1, 0.15) is 5.69 Å². The van der Waals surface area contributed by atoms with Crippen molar-refractivity contribution in [1.29, 1.82) is 0 Å². The Kier molecular flexibility index (Phi) is 1.24. The Bertz CT molecular complexity index is 1320. The van der Waals surface area contributed by atoms with Crippen LogP contribution in [0.5, 0.6) is 0 Å². The zero-order chi connectivity index (χ0) is 15.2. The van der Waals surface area contributed by atoms with Crippen LogP contribution in [-0.4, -0.2) is 35.6 Å². The molecule has 3 aromatic heterocycles. The van der Waals surface area contributed by atoms with Crippen molar-refractivity contribution in [2.75, 3.05) is 0 Å². The Labute approximate surface area is 136 Å². The maximum Gasteiger partial charge on any atom is 0.301 e. The van der Waals surface area contributed by atoms with Crippen molar-refractivity contribution in [2.45, 2.75) is 12.0 Å². The maximum atomic E-state index is 2.53. The van der Waals surface area contributed by atoms with E-state index in [1.165, 1.54) is 33.5 Å². The molecule has 5 heteroatoms. The van der Waals surface area contributed by atoms with Gasteiger partial charge in [-0.1, -0.05) is 0 Å². The molecule has 5 nitrogen and oxygen atoms in total. The minimum atomic E-state index is -0.293. The largest absolute Gasteiger partial charge is 0.301 e. The van der Waals surface area contributed by atoms with Gasteiger partial charge in [-0.25, -0.2) is 0 Å². The molecule has 2 atom stereocenters. The van der Waals surface area contributed by atoms with Gasteiger partial charge in [0.15, 0.2) is 12.4 Å². The third-order valence-corrected chi connectivity index (χ3v) is 6.19. The number of hydrogen-bond donors (Lipinski definition) is 0. The fourth-order valence-corrected chi connectivity index (χ4v) is 5.52. The highest BCUT2D eigenvalue weighted by molar-refractivity contribution is 5.81. The summed E-state index contributed by atoms with van der Waals surface area (Å²) in [6.45, 7) is 0. The minimum absolute atomic E-state index is 0.191. The molecule has 0 amide bonds. The van der Waals surface area contributed by atoms with Crippen LogP contribution in [0.25, 0.3) is 23.7 Å². The van der Waals surface area contributed by atoms with E-state index in [0.717, 1.165) is 0 Å². The molecule has 5 aliphatic rings. The van der Waals surface area contributed by atoms with Crippen molar-refractivity contribution < 1.29 is 4.58 Å². The molecule has 5 aliphatic heterocycles. The summed E-state index contributed by atoms with van der Waals surface area (Å²) in [5.41, 5.74) is 5.16. The van der Waals surface area contributed by atoms with Crippen LogP contribution in [0.3, 0.4) is 0 Å². The van der Waals surface area contributed by atoms with E-state index in [9.17, 15) is 0 Å². The molecule has 0 bridgehead atoms. The van der Waals surface area contributed by atoms with Gasteiger partial charge in [-0.2, -0.15) is 4.58 Å². The van der Waals surface area contributed by atoms with Crippen molar-refractivity contribution in [3.8, 4) is 11.4 Å². The zero-order valence-electron chi connectivity index (χ0n) is 12.7. The summed E-state index contributed by atoms with van der Waals surface area (Å²) < 4.78 is 9.92. The van der Waals surface area contributed by atoms with E-state index in [-0.39, 0.29) is 12.0 Å². The molecule has 24 heavy (non-hydrogen) atoms. The lowest BCUT2D eigenvalue weighted by atomic mass is 10.1. The fraction of sp³-hybridized carbons (Fsp3) is 0.105. The first-order chi connectivity index (χ1) is 11.9. The van der Waals surface area contributed by atoms with Gasteiger partial charge in [0.25, 0.3) is 5.79 Å². The molecule has 0 radical (unpaired) electrons. The number of fused-ring (bicyclic) bond motifs is 1. The summed E-state index contributed by atoms with van der Waals surface area (Å²) in [4.78, 5) is 2.35. The number of nitrogens with zero attached hydrogens (tertiary/aromatic N) is 5. The Morgan fingerprint density at radius 3 is 2.54 bits per heavy atom. The van der Waals surface area contributed by atoms with Gasteiger partial charge in [0, 0.05) is 17.2 Å². The van der Waals surface area contributed by atoms with E-state index in [0.29, 0.717) is 0 Å². The van der Waals surface area contributed by atoms with Crippen LogP contribution in [-0.2, 0) is 5.79 Å². The van der Waals surface area contributed by atoms with Gasteiger partial charge >= 0.3 is 6.17 Å². The van der Waals surface area contributed by atoms with E-state index in [1.807, 2.05) is 0 Å². The molecule has 2 unspecified atom stereocenters. The Hall–Kier alpha value is -3.21. The summed E-state index contributed by atoms with van der Waals surface area (Å²) in [5, 5.41) is 2.53. The lowest BCUT2D eigenvalue weighted by molar-refractivity contribution is -0.531. The number of aromatic nitrogens is 3. The van der Waals surface area contributed by atoms with Gasteiger partial charge in [-0.3, -0.25) is 18.6 Å². The molecule has 0 fully saturated rings. The first kappa shape index (κ1) is 10.5. The van der Waals surface area contributed by atoms with Crippen LogP contribution in [0, 0.1) is 0 Å². The van der Waals surface area contributed by atoms with Crippen LogP contribution in [0.4, 0.5) is 0 Å². The molecular weight excluding hydrogens is 298 g/mol. The normalized spacial score (nSPS) is 27.6. The zero-order valence-corrected chi connectivity index (χ0v) is 12.7.